The number of methoxy groups -OCH3 is 1. The van der Waals surface area contributed by atoms with Crippen molar-refractivity contribution in [2.24, 2.45) is 0 Å². The first-order chi connectivity index (χ1) is 14.6. The molecule has 1 aliphatic rings. The Labute approximate surface area is 181 Å². The number of carboxylic acid groups (broad SMARTS) is 1. The first-order valence-corrected chi connectivity index (χ1v) is 11.4. The van der Waals surface area contributed by atoms with Crippen LogP contribution in [0.15, 0.2) is 24.4 Å². The van der Waals surface area contributed by atoms with Crippen molar-refractivity contribution in [3.8, 4) is 5.88 Å². The largest absolute Gasteiger partial charge is 0.481 e. The summed E-state index contributed by atoms with van der Waals surface area (Å²) < 4.78 is 5.09. The topological polar surface area (TPSA) is 84.3 Å². The van der Waals surface area contributed by atoms with Gasteiger partial charge in [-0.1, -0.05) is 25.3 Å². The summed E-state index contributed by atoms with van der Waals surface area (Å²) in [7, 11) is 4.43. The molecule has 2 atom stereocenters. The van der Waals surface area contributed by atoms with Crippen LogP contribution in [0.5, 0.6) is 5.88 Å². The third-order valence-corrected chi connectivity index (χ3v) is 6.22. The molecule has 2 unspecified atom stereocenters. The molecule has 0 aliphatic carbocycles. The average molecular weight is 430 g/mol. The summed E-state index contributed by atoms with van der Waals surface area (Å²) in [4.78, 5) is 20.3. The smallest absolute Gasteiger partial charge is 0.303 e. The van der Waals surface area contributed by atoms with Crippen LogP contribution in [0.2, 0.25) is 0 Å². The molecule has 6 nitrogen and oxygen atoms in total. The lowest BCUT2D eigenvalue weighted by Crippen LogP contribution is -2.19. The Bertz CT molecular complexity index is 842. The number of carbonyl (C=O) groups is 1. The number of hydrogen-bond donors (Lipinski definition) is 2. The number of anilines is 1. The summed E-state index contributed by atoms with van der Waals surface area (Å²) in [6.07, 6.45) is 10.3. The number of rotatable bonds is 11. The molecule has 0 spiro atoms. The normalized spacial score (nSPS) is 13.9. The molecule has 0 fully saturated rings. The highest BCUT2D eigenvalue weighted by atomic mass is 31.0. The van der Waals surface area contributed by atoms with Crippen molar-refractivity contribution in [3.05, 3.63) is 41.2 Å². The molecule has 162 valence electrons. The molecule has 2 N–H and O–H groups in total. The lowest BCUT2D eigenvalue weighted by Gasteiger charge is -2.20. The molecule has 3 heterocycles. The molecule has 0 saturated heterocycles. The van der Waals surface area contributed by atoms with E-state index in [4.69, 9.17) is 9.72 Å². The Hall–Kier alpha value is -2.20. The van der Waals surface area contributed by atoms with Gasteiger partial charge in [-0.2, -0.15) is 0 Å². The number of aliphatic carboxylic acids is 1. The van der Waals surface area contributed by atoms with Gasteiger partial charge in [0.1, 0.15) is 5.82 Å². The molecule has 1 aliphatic heterocycles. The van der Waals surface area contributed by atoms with Crippen LogP contribution in [0, 0.1) is 0 Å². The van der Waals surface area contributed by atoms with Gasteiger partial charge in [-0.25, -0.2) is 9.97 Å². The van der Waals surface area contributed by atoms with Crippen LogP contribution in [0.3, 0.4) is 0 Å². The number of carboxylic acids is 1. The van der Waals surface area contributed by atoms with Crippen molar-refractivity contribution < 1.29 is 14.6 Å². The summed E-state index contributed by atoms with van der Waals surface area (Å²) in [6.45, 7) is 1.01. The predicted octanol–water partition coefficient (Wildman–Crippen LogP) is 4.10. The number of pyridine rings is 2. The van der Waals surface area contributed by atoms with Gasteiger partial charge in [0.15, 0.2) is 0 Å². The molecule has 0 saturated carbocycles. The fourth-order valence-corrected chi connectivity index (χ4v) is 4.53. The Morgan fingerprint density at radius 2 is 2.13 bits per heavy atom. The van der Waals surface area contributed by atoms with E-state index in [0.717, 1.165) is 68.6 Å². The van der Waals surface area contributed by atoms with Crippen LogP contribution in [0.25, 0.3) is 0 Å². The number of ether oxygens (including phenoxy) is 1. The fourth-order valence-electron chi connectivity index (χ4n) is 4.06. The molecule has 0 aromatic carbocycles. The van der Waals surface area contributed by atoms with Gasteiger partial charge >= 0.3 is 5.97 Å². The minimum absolute atomic E-state index is 0.00559. The van der Waals surface area contributed by atoms with Gasteiger partial charge in [0, 0.05) is 30.1 Å². The Kier molecular flexibility index (Phi) is 8.44. The van der Waals surface area contributed by atoms with Gasteiger partial charge in [0.2, 0.25) is 5.88 Å². The van der Waals surface area contributed by atoms with E-state index in [2.05, 4.69) is 25.6 Å². The number of nitrogens with zero attached hydrogens (tertiary/aromatic N) is 2. The molecule has 2 aromatic rings. The van der Waals surface area contributed by atoms with E-state index in [1.165, 1.54) is 17.3 Å². The van der Waals surface area contributed by atoms with Crippen LogP contribution in [-0.4, -0.2) is 34.7 Å². The number of aromatic nitrogens is 2. The van der Waals surface area contributed by atoms with Gasteiger partial charge in [-0.3, -0.25) is 4.79 Å². The van der Waals surface area contributed by atoms with E-state index in [0.29, 0.717) is 5.88 Å². The highest BCUT2D eigenvalue weighted by Crippen LogP contribution is 2.27. The molecule has 0 radical (unpaired) electrons. The maximum atomic E-state index is 11.3. The van der Waals surface area contributed by atoms with Crippen molar-refractivity contribution in [2.75, 3.05) is 19.0 Å². The second kappa shape index (κ2) is 11.3. The monoisotopic (exact) mass is 429 g/mol. The number of nitrogens with one attached hydrogen (secondary N) is 1. The molecule has 2 aromatic heterocycles. The lowest BCUT2D eigenvalue weighted by molar-refractivity contribution is -0.137. The summed E-state index contributed by atoms with van der Waals surface area (Å²) in [5.41, 5.74) is 3.46. The zero-order chi connectivity index (χ0) is 21.3. The number of fused-ring (bicyclic) bond motifs is 1. The second-order valence-corrected chi connectivity index (χ2v) is 8.56. The summed E-state index contributed by atoms with van der Waals surface area (Å²) >= 11 is 0. The molecule has 0 bridgehead atoms. The minimum atomic E-state index is -0.767. The van der Waals surface area contributed by atoms with E-state index in [1.54, 1.807) is 19.4 Å². The highest BCUT2D eigenvalue weighted by molar-refractivity contribution is 7.27. The zero-order valence-electron chi connectivity index (χ0n) is 17.7. The number of aryl methyl sites for hydroxylation is 1. The number of unbranched alkanes of at least 4 members (excludes halogenated alkanes) is 3. The van der Waals surface area contributed by atoms with Crippen LogP contribution < -0.4 is 15.4 Å². The Morgan fingerprint density at radius 3 is 2.87 bits per heavy atom. The fraction of sp³-hybridized carbons (Fsp3) is 0.522. The van der Waals surface area contributed by atoms with Crippen molar-refractivity contribution in [1.29, 1.82) is 0 Å². The zero-order valence-corrected chi connectivity index (χ0v) is 18.8. The van der Waals surface area contributed by atoms with Crippen LogP contribution >= 0.6 is 9.24 Å². The van der Waals surface area contributed by atoms with Gasteiger partial charge in [0.25, 0.3) is 0 Å². The van der Waals surface area contributed by atoms with E-state index < -0.39 is 5.97 Å². The molecular weight excluding hydrogens is 397 g/mol. The number of hydrogen-bond acceptors (Lipinski definition) is 5. The standard InChI is InChI=1S/C23H32N3O3P/c1-29-21-11-10-17(15-25-21)16(13-22(27)28)7-4-2-3-5-8-18-14-20(30)19-9-6-12-24-23(19)26-18/h10-11,14-16H,2-9,12-13,30H2,1H3,(H,24,26)(H,27,28). The quantitative estimate of drug-likeness (QED) is 0.413. The first-order valence-electron chi connectivity index (χ1n) is 10.8. The van der Waals surface area contributed by atoms with Crippen LogP contribution in [0.4, 0.5) is 5.82 Å². The average Bonchev–Trinajstić information content (AvgIpc) is 2.75. The summed E-state index contributed by atoms with van der Waals surface area (Å²) in [5, 5.41) is 14.0. The third kappa shape index (κ3) is 6.40. The van der Waals surface area contributed by atoms with Gasteiger partial charge in [-0.05, 0) is 55.0 Å². The Balaban J connectivity index is 1.43. The second-order valence-electron chi connectivity index (χ2n) is 7.94. The first kappa shape index (κ1) is 22.5. The van der Waals surface area contributed by atoms with Gasteiger partial charge in [0.05, 0.1) is 13.5 Å². The molecule has 3 rings (SSSR count). The van der Waals surface area contributed by atoms with Crippen molar-refractivity contribution in [3.63, 3.8) is 0 Å². The van der Waals surface area contributed by atoms with E-state index >= 15 is 0 Å². The molecule has 7 heteroatoms. The summed E-state index contributed by atoms with van der Waals surface area (Å²) in [6, 6.07) is 5.93. The van der Waals surface area contributed by atoms with Crippen molar-refractivity contribution in [2.45, 2.75) is 63.7 Å². The predicted molar refractivity (Wildman–Crippen MR) is 123 cm³/mol. The maximum absolute atomic E-state index is 11.3. The summed E-state index contributed by atoms with van der Waals surface area (Å²) in [5.74, 6) is 0.839. The van der Waals surface area contributed by atoms with E-state index in [1.807, 2.05) is 6.07 Å². The van der Waals surface area contributed by atoms with Crippen molar-refractivity contribution in [1.82, 2.24) is 9.97 Å². The minimum Gasteiger partial charge on any atom is -0.481 e. The van der Waals surface area contributed by atoms with E-state index in [-0.39, 0.29) is 12.3 Å². The van der Waals surface area contributed by atoms with Crippen LogP contribution in [0.1, 0.15) is 67.7 Å². The van der Waals surface area contributed by atoms with Gasteiger partial charge in [-0.15, -0.1) is 9.24 Å². The van der Waals surface area contributed by atoms with E-state index in [9.17, 15) is 9.90 Å². The molecule has 0 amide bonds. The Morgan fingerprint density at radius 1 is 1.30 bits per heavy atom. The highest BCUT2D eigenvalue weighted by Gasteiger charge is 2.16. The molecule has 30 heavy (non-hydrogen) atoms. The van der Waals surface area contributed by atoms with Crippen LogP contribution in [-0.2, 0) is 17.6 Å². The maximum Gasteiger partial charge on any atom is 0.303 e. The lowest BCUT2D eigenvalue weighted by atomic mass is 9.91. The molecular formula is C23H32N3O3P. The third-order valence-electron chi connectivity index (χ3n) is 5.70. The van der Waals surface area contributed by atoms with Gasteiger partial charge < -0.3 is 15.2 Å². The van der Waals surface area contributed by atoms with Crippen molar-refractivity contribution >= 4 is 26.3 Å². The SMILES string of the molecule is COc1ccc(C(CCCCCCc2cc(P)c3c(n2)NCCC3)CC(=O)O)cn1.